The van der Waals surface area contributed by atoms with Gasteiger partial charge in [-0.25, -0.2) is 4.79 Å². The Morgan fingerprint density at radius 3 is 2.47 bits per heavy atom. The van der Waals surface area contributed by atoms with Crippen molar-refractivity contribution in [3.63, 3.8) is 0 Å². The van der Waals surface area contributed by atoms with Crippen molar-refractivity contribution in [2.75, 3.05) is 19.7 Å². The molecule has 1 saturated heterocycles. The summed E-state index contributed by atoms with van der Waals surface area (Å²) in [7, 11) is 0. The SMILES string of the molecule is CCOC1(CC)CCN(C(=O)OC(C)(C)C)C1. The summed E-state index contributed by atoms with van der Waals surface area (Å²) in [6.07, 6.45) is 1.60. The summed E-state index contributed by atoms with van der Waals surface area (Å²) in [5.41, 5.74) is -0.591. The highest BCUT2D eigenvalue weighted by Crippen LogP contribution is 2.29. The van der Waals surface area contributed by atoms with Gasteiger partial charge in [0, 0.05) is 13.2 Å². The van der Waals surface area contributed by atoms with E-state index < -0.39 is 5.60 Å². The number of likely N-dealkylation sites (tertiary alicyclic amines) is 1. The third-order valence-electron chi connectivity index (χ3n) is 3.06. The van der Waals surface area contributed by atoms with Crippen molar-refractivity contribution >= 4 is 6.09 Å². The van der Waals surface area contributed by atoms with E-state index in [2.05, 4.69) is 6.92 Å². The number of ether oxygens (including phenoxy) is 2. The van der Waals surface area contributed by atoms with Crippen LogP contribution in [0.4, 0.5) is 4.79 Å². The van der Waals surface area contributed by atoms with Crippen LogP contribution in [0.2, 0.25) is 0 Å². The molecular weight excluding hydrogens is 218 g/mol. The first-order chi connectivity index (χ1) is 7.82. The molecule has 0 N–H and O–H groups in total. The molecule has 1 unspecified atom stereocenters. The van der Waals surface area contributed by atoms with Gasteiger partial charge >= 0.3 is 6.09 Å². The number of rotatable bonds is 3. The molecule has 0 radical (unpaired) electrons. The van der Waals surface area contributed by atoms with Gasteiger partial charge in [0.2, 0.25) is 0 Å². The zero-order valence-electron chi connectivity index (χ0n) is 11.7. The van der Waals surface area contributed by atoms with Crippen LogP contribution in [0.25, 0.3) is 0 Å². The fraction of sp³-hybridized carbons (Fsp3) is 0.923. The van der Waals surface area contributed by atoms with Crippen LogP contribution in [0.1, 0.15) is 47.5 Å². The minimum Gasteiger partial charge on any atom is -0.444 e. The van der Waals surface area contributed by atoms with E-state index in [1.54, 1.807) is 4.90 Å². The van der Waals surface area contributed by atoms with Crippen molar-refractivity contribution < 1.29 is 14.3 Å². The molecule has 0 saturated carbocycles. The van der Waals surface area contributed by atoms with Crippen molar-refractivity contribution in [2.24, 2.45) is 0 Å². The fourth-order valence-corrected chi connectivity index (χ4v) is 2.14. The molecule has 4 nitrogen and oxygen atoms in total. The van der Waals surface area contributed by atoms with Crippen molar-refractivity contribution in [3.8, 4) is 0 Å². The summed E-state index contributed by atoms with van der Waals surface area (Å²) in [6.45, 7) is 11.8. The van der Waals surface area contributed by atoms with E-state index in [4.69, 9.17) is 9.47 Å². The minimum atomic E-state index is -0.430. The van der Waals surface area contributed by atoms with Gasteiger partial charge in [0.25, 0.3) is 0 Å². The Morgan fingerprint density at radius 2 is 2.00 bits per heavy atom. The first-order valence-corrected chi connectivity index (χ1v) is 6.44. The molecule has 100 valence electrons. The molecule has 17 heavy (non-hydrogen) atoms. The zero-order chi connectivity index (χ0) is 13.1. The maximum Gasteiger partial charge on any atom is 0.410 e. The van der Waals surface area contributed by atoms with E-state index in [-0.39, 0.29) is 11.7 Å². The van der Waals surface area contributed by atoms with Gasteiger partial charge in [0.15, 0.2) is 0 Å². The topological polar surface area (TPSA) is 38.8 Å². The van der Waals surface area contributed by atoms with Crippen LogP contribution in [0, 0.1) is 0 Å². The van der Waals surface area contributed by atoms with Crippen molar-refractivity contribution in [3.05, 3.63) is 0 Å². The average molecular weight is 243 g/mol. The number of amides is 1. The Bertz CT molecular complexity index is 272. The van der Waals surface area contributed by atoms with E-state index in [9.17, 15) is 4.79 Å². The molecule has 1 atom stereocenters. The van der Waals surface area contributed by atoms with Gasteiger partial charge in [0.05, 0.1) is 12.1 Å². The van der Waals surface area contributed by atoms with Gasteiger partial charge in [-0.05, 0) is 40.5 Å². The third kappa shape index (κ3) is 3.87. The second kappa shape index (κ2) is 5.25. The van der Waals surface area contributed by atoms with Crippen LogP contribution >= 0.6 is 0 Å². The first-order valence-electron chi connectivity index (χ1n) is 6.44. The monoisotopic (exact) mass is 243 g/mol. The Hall–Kier alpha value is -0.770. The second-order valence-corrected chi connectivity index (χ2v) is 5.62. The van der Waals surface area contributed by atoms with Crippen LogP contribution in [-0.4, -0.2) is 41.9 Å². The van der Waals surface area contributed by atoms with Crippen LogP contribution < -0.4 is 0 Å². The fourth-order valence-electron chi connectivity index (χ4n) is 2.14. The largest absolute Gasteiger partial charge is 0.444 e. The number of hydrogen-bond acceptors (Lipinski definition) is 3. The van der Waals surface area contributed by atoms with E-state index in [0.29, 0.717) is 13.2 Å². The molecule has 1 rings (SSSR count). The summed E-state index contributed by atoms with van der Waals surface area (Å²) in [4.78, 5) is 13.7. The van der Waals surface area contributed by atoms with Gasteiger partial charge in [0.1, 0.15) is 5.60 Å². The number of nitrogens with zero attached hydrogens (tertiary/aromatic N) is 1. The molecule has 1 fully saturated rings. The Kier molecular flexibility index (Phi) is 4.42. The number of carbonyl (C=O) groups is 1. The lowest BCUT2D eigenvalue weighted by molar-refractivity contribution is -0.0364. The quantitative estimate of drug-likeness (QED) is 0.765. The highest BCUT2D eigenvalue weighted by molar-refractivity contribution is 5.68. The molecule has 0 aromatic carbocycles. The molecule has 0 aromatic rings. The van der Waals surface area contributed by atoms with Gasteiger partial charge in [-0.2, -0.15) is 0 Å². The molecule has 0 aromatic heterocycles. The summed E-state index contributed by atoms with van der Waals surface area (Å²) in [5, 5.41) is 0. The smallest absolute Gasteiger partial charge is 0.410 e. The van der Waals surface area contributed by atoms with Crippen molar-refractivity contribution in [1.29, 1.82) is 0 Å². The zero-order valence-corrected chi connectivity index (χ0v) is 11.7. The lowest BCUT2D eigenvalue weighted by Crippen LogP contribution is -2.40. The lowest BCUT2D eigenvalue weighted by Gasteiger charge is -2.29. The van der Waals surface area contributed by atoms with Crippen LogP contribution in [0.15, 0.2) is 0 Å². The summed E-state index contributed by atoms with van der Waals surface area (Å²) >= 11 is 0. The maximum absolute atomic E-state index is 11.9. The molecule has 0 spiro atoms. The van der Waals surface area contributed by atoms with Crippen molar-refractivity contribution in [1.82, 2.24) is 4.90 Å². The van der Waals surface area contributed by atoms with Gasteiger partial charge in [-0.3, -0.25) is 0 Å². The third-order valence-corrected chi connectivity index (χ3v) is 3.06. The highest BCUT2D eigenvalue weighted by Gasteiger charge is 2.40. The number of carbonyl (C=O) groups excluding carboxylic acids is 1. The van der Waals surface area contributed by atoms with Gasteiger partial charge < -0.3 is 14.4 Å². The van der Waals surface area contributed by atoms with E-state index in [0.717, 1.165) is 19.4 Å². The lowest BCUT2D eigenvalue weighted by atomic mass is 10.00. The predicted molar refractivity (Wildman–Crippen MR) is 67.1 cm³/mol. The number of hydrogen-bond donors (Lipinski definition) is 0. The van der Waals surface area contributed by atoms with Gasteiger partial charge in [-0.15, -0.1) is 0 Å². The molecule has 1 aliphatic rings. The summed E-state index contributed by atoms with van der Waals surface area (Å²) < 4.78 is 11.2. The minimum absolute atomic E-state index is 0.161. The molecule has 4 heteroatoms. The van der Waals surface area contributed by atoms with E-state index in [1.807, 2.05) is 27.7 Å². The Labute approximate surface area is 104 Å². The standard InChI is InChI=1S/C13H25NO3/c1-6-13(16-7-2)8-9-14(10-13)11(15)17-12(3,4)5/h6-10H2,1-5H3. The maximum atomic E-state index is 11.9. The van der Waals surface area contributed by atoms with Crippen LogP contribution in [0.3, 0.4) is 0 Å². The summed E-state index contributed by atoms with van der Waals surface area (Å²) in [6, 6.07) is 0. The molecule has 0 bridgehead atoms. The summed E-state index contributed by atoms with van der Waals surface area (Å²) in [5.74, 6) is 0. The predicted octanol–water partition coefficient (Wildman–Crippen LogP) is 2.81. The molecule has 1 amide bonds. The van der Waals surface area contributed by atoms with E-state index in [1.165, 1.54) is 0 Å². The second-order valence-electron chi connectivity index (χ2n) is 5.62. The van der Waals surface area contributed by atoms with E-state index >= 15 is 0 Å². The first kappa shape index (κ1) is 14.3. The van der Waals surface area contributed by atoms with Crippen LogP contribution in [-0.2, 0) is 9.47 Å². The average Bonchev–Trinajstić information content (AvgIpc) is 2.61. The van der Waals surface area contributed by atoms with Crippen molar-refractivity contribution in [2.45, 2.75) is 58.7 Å². The molecule has 1 aliphatic heterocycles. The molecule has 0 aliphatic carbocycles. The Balaban J connectivity index is 2.57. The molecule has 1 heterocycles. The molecular formula is C13H25NO3. The van der Waals surface area contributed by atoms with Gasteiger partial charge in [-0.1, -0.05) is 6.92 Å². The Morgan fingerprint density at radius 1 is 1.35 bits per heavy atom. The highest BCUT2D eigenvalue weighted by atomic mass is 16.6. The normalized spacial score (nSPS) is 25.1. The van der Waals surface area contributed by atoms with Crippen LogP contribution in [0.5, 0.6) is 0 Å².